The average molecular weight is 813 g/mol. The molecular formula is C51H76N2O4S. The van der Waals surface area contributed by atoms with E-state index in [0.29, 0.717) is 46.5 Å². The lowest BCUT2D eigenvalue weighted by Gasteiger charge is -2.68. The van der Waals surface area contributed by atoms with Gasteiger partial charge in [-0.25, -0.2) is 4.79 Å². The number of terminal acetylenes is 3. The Bertz CT molecular complexity index is 1600. The van der Waals surface area contributed by atoms with Crippen molar-refractivity contribution in [2.75, 3.05) is 37.7 Å². The number of hydrogen-bond acceptors (Lipinski definition) is 4. The van der Waals surface area contributed by atoms with E-state index in [-0.39, 0.29) is 16.2 Å². The Morgan fingerprint density at radius 3 is 2.05 bits per heavy atom. The molecule has 1 aromatic carbocycles. The molecule has 1 amide bonds. The van der Waals surface area contributed by atoms with Crippen molar-refractivity contribution in [1.82, 2.24) is 10.2 Å². The van der Waals surface area contributed by atoms with Crippen LogP contribution in [0.4, 0.5) is 0 Å². The summed E-state index contributed by atoms with van der Waals surface area (Å²) in [4.78, 5) is 27.9. The fourth-order valence-electron chi connectivity index (χ4n) is 13.1. The number of rotatable bonds is 7. The van der Waals surface area contributed by atoms with Crippen LogP contribution in [0.5, 0.6) is 0 Å². The number of carboxylic acid groups (broad SMARTS) is 1. The van der Waals surface area contributed by atoms with Gasteiger partial charge in [0.25, 0.3) is 0 Å². The predicted molar refractivity (Wildman–Crippen MR) is 246 cm³/mol. The number of nitrogens with zero attached hydrogens (tertiary/aromatic N) is 1. The van der Waals surface area contributed by atoms with Gasteiger partial charge in [-0.2, -0.15) is 0 Å². The van der Waals surface area contributed by atoms with Crippen molar-refractivity contribution in [3.05, 3.63) is 54.1 Å². The number of carbonyl (C=O) groups excluding carboxylic acids is 1. The average Bonchev–Trinajstić information content (AvgIpc) is 3.69. The zero-order valence-electron chi connectivity index (χ0n) is 37.1. The van der Waals surface area contributed by atoms with Gasteiger partial charge in [0.05, 0.1) is 11.0 Å². The van der Waals surface area contributed by atoms with Crippen molar-refractivity contribution >= 4 is 28.2 Å². The maximum atomic E-state index is 14.0. The number of benzene rings is 1. The second kappa shape index (κ2) is 22.7. The molecule has 2 N–H and O–H groups in total. The van der Waals surface area contributed by atoms with Crippen molar-refractivity contribution in [3.8, 4) is 38.5 Å². The fourth-order valence-corrected chi connectivity index (χ4v) is 14.2. The number of nitrogens with one attached hydrogen (secondary N) is 1. The van der Waals surface area contributed by atoms with Crippen LogP contribution in [0.3, 0.4) is 0 Å². The Kier molecular flexibility index (Phi) is 19.8. The van der Waals surface area contributed by atoms with Crippen LogP contribution in [0.1, 0.15) is 135 Å². The van der Waals surface area contributed by atoms with Crippen LogP contribution in [-0.4, -0.2) is 63.8 Å². The van der Waals surface area contributed by atoms with Crippen LogP contribution in [-0.2, 0) is 15.6 Å². The highest BCUT2D eigenvalue weighted by Crippen LogP contribution is 2.73. The first-order valence-electron chi connectivity index (χ1n) is 21.8. The number of carbonyl (C=O) groups is 2. The minimum absolute atomic E-state index is 0.0218. The van der Waals surface area contributed by atoms with Gasteiger partial charge < -0.3 is 15.3 Å². The number of hydrogen-bond donors (Lipinski definition) is 2. The van der Waals surface area contributed by atoms with Crippen molar-refractivity contribution in [2.24, 2.45) is 51.2 Å². The molecule has 320 valence electrons. The number of fused-ring (bicyclic) bond motifs is 7. The van der Waals surface area contributed by atoms with Crippen molar-refractivity contribution < 1.29 is 18.9 Å². The van der Waals surface area contributed by atoms with Crippen LogP contribution >= 0.6 is 0 Å². The third-order valence-corrected chi connectivity index (χ3v) is 16.5. The summed E-state index contributed by atoms with van der Waals surface area (Å²) in [5, 5.41) is 12.9. The van der Waals surface area contributed by atoms with Crippen LogP contribution < -0.4 is 5.32 Å². The van der Waals surface area contributed by atoms with E-state index >= 15 is 0 Å². The van der Waals surface area contributed by atoms with Gasteiger partial charge in [0.15, 0.2) is 0 Å². The topological polar surface area (TPSA) is 86.7 Å². The maximum Gasteiger partial charge on any atom is 0.335 e. The molecule has 58 heavy (non-hydrogen) atoms. The molecule has 1 saturated heterocycles. The number of aromatic carboxylic acids is 1. The Labute approximate surface area is 356 Å². The molecule has 1 heterocycles. The van der Waals surface area contributed by atoms with E-state index in [4.69, 9.17) is 0 Å². The smallest absolute Gasteiger partial charge is 0.335 e. The van der Waals surface area contributed by atoms with Crippen LogP contribution in [0.15, 0.2) is 43.0 Å². The summed E-state index contributed by atoms with van der Waals surface area (Å²) in [5.41, 5.74) is 3.34. The van der Waals surface area contributed by atoms with Crippen LogP contribution in [0.25, 0.3) is 5.57 Å². The highest BCUT2D eigenvalue weighted by Gasteiger charge is 2.66. The molecule has 6 aliphatic rings. The van der Waals surface area contributed by atoms with Gasteiger partial charge >= 0.3 is 5.97 Å². The lowest BCUT2D eigenvalue weighted by molar-refractivity contribution is -0.181. The monoisotopic (exact) mass is 813 g/mol. The maximum absolute atomic E-state index is 14.0. The SMILES string of the molecule is C#C.C#C.C#C.C=CC.CC.CC1(C)C(c2ccc(C(=O)O)cc2)=CC[C@@]2(C)C1CC[C@@]1(C)C3CC[C@@]4(C(=O)NCCCN5CCS(=O)CC5)CCCC4[C@H]3CCC12. The molecule has 0 spiro atoms. The van der Waals surface area contributed by atoms with Crippen LogP contribution in [0, 0.1) is 89.8 Å². The van der Waals surface area contributed by atoms with Gasteiger partial charge in [-0.3, -0.25) is 9.00 Å². The summed E-state index contributed by atoms with van der Waals surface area (Å²) >= 11 is 0. The third kappa shape index (κ3) is 10.1. The summed E-state index contributed by atoms with van der Waals surface area (Å²) in [7, 11) is -0.640. The van der Waals surface area contributed by atoms with E-state index in [1.54, 1.807) is 18.2 Å². The number of allylic oxidation sites excluding steroid dienone is 3. The first-order chi connectivity index (χ1) is 27.8. The molecule has 1 aromatic rings. The molecule has 7 rings (SSSR count). The molecule has 0 aromatic heterocycles. The fraction of sp³-hybridized carbons (Fsp3) is 0.647. The Morgan fingerprint density at radius 1 is 0.862 bits per heavy atom. The summed E-state index contributed by atoms with van der Waals surface area (Å²) in [6.45, 7) is 23.0. The van der Waals surface area contributed by atoms with Gasteiger partial charge in [0.1, 0.15) is 0 Å². The molecule has 5 aliphatic carbocycles. The van der Waals surface area contributed by atoms with E-state index in [1.807, 2.05) is 32.9 Å². The molecule has 0 bridgehead atoms. The van der Waals surface area contributed by atoms with Gasteiger partial charge in [0, 0.05) is 41.9 Å². The van der Waals surface area contributed by atoms with Gasteiger partial charge in [-0.05, 0) is 147 Å². The largest absolute Gasteiger partial charge is 0.478 e. The number of amides is 1. The van der Waals surface area contributed by atoms with Crippen molar-refractivity contribution in [3.63, 3.8) is 0 Å². The highest BCUT2D eigenvalue weighted by atomic mass is 32.2. The Balaban J connectivity index is 0.000000969. The lowest BCUT2D eigenvalue weighted by atomic mass is 9.36. The third-order valence-electron chi connectivity index (χ3n) is 15.2. The quantitative estimate of drug-likeness (QED) is 0.163. The van der Waals surface area contributed by atoms with Crippen molar-refractivity contribution in [1.29, 1.82) is 0 Å². The van der Waals surface area contributed by atoms with Gasteiger partial charge in [-0.1, -0.05) is 72.2 Å². The minimum atomic E-state index is -0.870. The summed E-state index contributed by atoms with van der Waals surface area (Å²) in [5.74, 6) is 4.26. The number of carboxylic acids is 1. The van der Waals surface area contributed by atoms with E-state index in [2.05, 4.69) is 89.1 Å². The van der Waals surface area contributed by atoms with Gasteiger partial charge in [0.2, 0.25) is 5.91 Å². The normalized spacial score (nSPS) is 32.8. The van der Waals surface area contributed by atoms with E-state index in [9.17, 15) is 18.9 Å². The highest BCUT2D eigenvalue weighted by molar-refractivity contribution is 7.85. The molecule has 1 aliphatic heterocycles. The molecule has 7 heteroatoms. The lowest BCUT2D eigenvalue weighted by Crippen LogP contribution is -2.62. The second-order valence-corrected chi connectivity index (χ2v) is 19.5. The molecule has 0 radical (unpaired) electrons. The first kappa shape index (κ1) is 50.6. The molecular weight excluding hydrogens is 737 g/mol. The van der Waals surface area contributed by atoms with Crippen LogP contribution in [0.2, 0.25) is 0 Å². The second-order valence-electron chi connectivity index (χ2n) is 17.8. The van der Waals surface area contributed by atoms with E-state index in [0.717, 1.165) is 63.4 Å². The Morgan fingerprint density at radius 2 is 1.47 bits per heavy atom. The molecule has 8 atom stereocenters. The predicted octanol–water partition coefficient (Wildman–Crippen LogP) is 10.4. The molecule has 4 saturated carbocycles. The minimum Gasteiger partial charge on any atom is -0.478 e. The first-order valence-corrected chi connectivity index (χ1v) is 23.3. The zero-order chi connectivity index (χ0) is 43.9. The molecule has 5 fully saturated rings. The molecule has 4 unspecified atom stereocenters. The summed E-state index contributed by atoms with van der Waals surface area (Å²) in [6.07, 6.45) is 41.2. The summed E-state index contributed by atoms with van der Waals surface area (Å²) < 4.78 is 11.7. The van der Waals surface area contributed by atoms with Crippen molar-refractivity contribution in [2.45, 2.75) is 119 Å². The standard InChI is InChI=1S/C40H58N2O4S.C3H6.C2H6.3C2H2/c1-37(2)30(27-8-10-28(11-9-27)35(43)44)14-18-39(4)33(37)16-19-38(3)31-15-20-40(17-5-7-32(40)29(31)12-13-34(38)39)36(45)41-21-6-22-42-23-25-47(46)26-24-42;1-3-2;4*1-2/h8-11,14,29,31-34H,5-7,12-13,15-26H2,1-4H3,(H,41,45)(H,43,44);3H,1H2,2H3;1-2H3;3*1-2H/t29-,31?,32?,33?,34?,38-,39-,40-;;;;;/m0...../s1. The molecule has 6 nitrogen and oxygen atoms in total. The zero-order valence-corrected chi connectivity index (χ0v) is 37.9. The summed E-state index contributed by atoms with van der Waals surface area (Å²) in [6, 6.07) is 7.55. The van der Waals surface area contributed by atoms with E-state index in [1.165, 1.54) is 56.1 Å². The van der Waals surface area contributed by atoms with E-state index < -0.39 is 16.8 Å². The van der Waals surface area contributed by atoms with Gasteiger partial charge in [-0.15, -0.1) is 45.1 Å². The Hall–Kier alpha value is -3.57.